The molecule has 0 bridgehead atoms. The number of benzene rings is 1. The molecule has 0 aliphatic carbocycles. The van der Waals surface area contributed by atoms with E-state index in [1.807, 2.05) is 11.6 Å². The Hall–Kier alpha value is -2.18. The Balaban J connectivity index is 1.29. The van der Waals surface area contributed by atoms with Crippen LogP contribution in [-0.4, -0.2) is 55.0 Å². The molecule has 27 heavy (non-hydrogen) atoms. The van der Waals surface area contributed by atoms with Crippen LogP contribution in [0.25, 0.3) is 0 Å². The minimum absolute atomic E-state index is 0.171. The predicted molar refractivity (Wildman–Crippen MR) is 106 cm³/mol. The molecule has 0 atom stereocenters. The van der Waals surface area contributed by atoms with Gasteiger partial charge < -0.3 is 15.1 Å². The van der Waals surface area contributed by atoms with Gasteiger partial charge in [0.25, 0.3) is 5.91 Å². The first-order valence-corrected chi connectivity index (χ1v) is 10.1. The van der Waals surface area contributed by atoms with E-state index in [-0.39, 0.29) is 5.91 Å². The second-order valence-electron chi connectivity index (χ2n) is 7.69. The summed E-state index contributed by atoms with van der Waals surface area (Å²) in [6, 6.07) is 12.8. The highest BCUT2D eigenvalue weighted by molar-refractivity contribution is 5.76. The molecule has 2 aromatic rings. The van der Waals surface area contributed by atoms with Gasteiger partial charge in [-0.2, -0.15) is 5.10 Å². The summed E-state index contributed by atoms with van der Waals surface area (Å²) < 4.78 is 2.02. The zero-order valence-corrected chi connectivity index (χ0v) is 16.6. The first-order chi connectivity index (χ1) is 13.1. The lowest BCUT2D eigenvalue weighted by molar-refractivity contribution is -1.02. The van der Waals surface area contributed by atoms with E-state index in [0.717, 1.165) is 57.9 Å². The van der Waals surface area contributed by atoms with Crippen molar-refractivity contribution < 1.29 is 14.6 Å². The van der Waals surface area contributed by atoms with Crippen molar-refractivity contribution in [3.05, 3.63) is 53.3 Å². The molecule has 2 heterocycles. The Morgan fingerprint density at radius 3 is 2.48 bits per heavy atom. The van der Waals surface area contributed by atoms with Crippen LogP contribution in [0.4, 0.5) is 0 Å². The van der Waals surface area contributed by atoms with Gasteiger partial charge in [-0.1, -0.05) is 30.3 Å². The minimum Gasteiger partial charge on any atom is -0.351 e. The maximum absolute atomic E-state index is 12.2. The molecular formula is C21H33N5O+2. The summed E-state index contributed by atoms with van der Waals surface area (Å²) in [6.45, 7) is 11.7. The molecule has 1 aliphatic heterocycles. The summed E-state index contributed by atoms with van der Waals surface area (Å²) in [6.07, 6.45) is 0.915. The van der Waals surface area contributed by atoms with Gasteiger partial charge in [-0.3, -0.25) is 9.48 Å². The Bertz CT molecular complexity index is 719. The van der Waals surface area contributed by atoms with Gasteiger partial charge in [0, 0.05) is 24.3 Å². The van der Waals surface area contributed by atoms with Crippen molar-refractivity contribution in [2.45, 2.75) is 33.4 Å². The fourth-order valence-electron chi connectivity index (χ4n) is 3.84. The Morgan fingerprint density at radius 1 is 1.11 bits per heavy atom. The summed E-state index contributed by atoms with van der Waals surface area (Å²) in [7, 11) is 0. The lowest BCUT2D eigenvalue weighted by Gasteiger charge is -2.29. The average Bonchev–Trinajstić information content (AvgIpc) is 2.98. The highest BCUT2D eigenvalue weighted by Crippen LogP contribution is 2.02. The summed E-state index contributed by atoms with van der Waals surface area (Å²) in [5, 5.41) is 7.52. The van der Waals surface area contributed by atoms with Gasteiger partial charge in [0.1, 0.15) is 32.7 Å². The largest absolute Gasteiger partial charge is 0.351 e. The molecule has 0 spiro atoms. The Labute approximate surface area is 162 Å². The number of aryl methyl sites for hydroxylation is 3. The van der Waals surface area contributed by atoms with Crippen molar-refractivity contribution in [3.63, 3.8) is 0 Å². The van der Waals surface area contributed by atoms with Crippen molar-refractivity contribution in [2.24, 2.45) is 0 Å². The third kappa shape index (κ3) is 6.19. The van der Waals surface area contributed by atoms with E-state index in [0.29, 0.717) is 6.54 Å². The van der Waals surface area contributed by atoms with Gasteiger partial charge in [-0.25, -0.2) is 0 Å². The molecule has 1 aromatic heterocycles. The first-order valence-electron chi connectivity index (χ1n) is 10.1. The highest BCUT2D eigenvalue weighted by atomic mass is 16.2. The number of nitrogens with one attached hydrogen (secondary N) is 3. The summed E-state index contributed by atoms with van der Waals surface area (Å²) >= 11 is 0. The molecule has 0 saturated carbocycles. The summed E-state index contributed by atoms with van der Waals surface area (Å²) in [5.74, 6) is 0.171. The molecule has 6 heteroatoms. The topological polar surface area (TPSA) is 55.8 Å². The molecule has 6 nitrogen and oxygen atoms in total. The predicted octanol–water partition coefficient (Wildman–Crippen LogP) is -1.01. The fraction of sp³-hybridized carbons (Fsp3) is 0.524. The van der Waals surface area contributed by atoms with Crippen LogP contribution in [0.1, 0.15) is 23.4 Å². The van der Waals surface area contributed by atoms with Crippen molar-refractivity contribution >= 4 is 5.91 Å². The SMILES string of the molecule is Cc1cc(C)n(CCCNC(=O)C[NH+]2CC[NH+](Cc3ccccc3)CC2)n1. The van der Waals surface area contributed by atoms with Crippen LogP contribution in [0.5, 0.6) is 0 Å². The van der Waals surface area contributed by atoms with E-state index in [1.165, 1.54) is 16.2 Å². The van der Waals surface area contributed by atoms with Crippen LogP contribution in [-0.2, 0) is 17.9 Å². The quantitative estimate of drug-likeness (QED) is 0.521. The number of hydrogen-bond donors (Lipinski definition) is 3. The normalized spacial score (nSPS) is 19.8. The lowest BCUT2D eigenvalue weighted by Crippen LogP contribution is -3.28. The average molecular weight is 372 g/mol. The van der Waals surface area contributed by atoms with Gasteiger partial charge >= 0.3 is 0 Å². The Morgan fingerprint density at radius 2 is 1.81 bits per heavy atom. The number of carbonyl (C=O) groups excluding carboxylic acids is 1. The number of amides is 1. The molecule has 1 fully saturated rings. The molecule has 146 valence electrons. The fourth-order valence-corrected chi connectivity index (χ4v) is 3.84. The second kappa shape index (κ2) is 9.67. The highest BCUT2D eigenvalue weighted by Gasteiger charge is 2.24. The summed E-state index contributed by atoms with van der Waals surface area (Å²) in [4.78, 5) is 15.2. The maximum atomic E-state index is 12.2. The molecule has 1 saturated heterocycles. The molecule has 0 radical (unpaired) electrons. The lowest BCUT2D eigenvalue weighted by atomic mass is 10.2. The number of aromatic nitrogens is 2. The molecule has 3 rings (SSSR count). The zero-order chi connectivity index (χ0) is 19.1. The maximum Gasteiger partial charge on any atom is 0.275 e. The minimum atomic E-state index is 0.171. The van der Waals surface area contributed by atoms with E-state index in [2.05, 4.69) is 53.7 Å². The third-order valence-electron chi connectivity index (χ3n) is 5.34. The Kier molecular flexibility index (Phi) is 7.01. The first kappa shape index (κ1) is 19.6. The van der Waals surface area contributed by atoms with Gasteiger partial charge in [0.15, 0.2) is 6.54 Å². The van der Waals surface area contributed by atoms with Crippen molar-refractivity contribution in [1.29, 1.82) is 0 Å². The van der Waals surface area contributed by atoms with Crippen LogP contribution in [0.15, 0.2) is 36.4 Å². The molecule has 1 aliphatic rings. The molecule has 1 aromatic carbocycles. The zero-order valence-electron chi connectivity index (χ0n) is 16.6. The van der Waals surface area contributed by atoms with Crippen LogP contribution in [0.2, 0.25) is 0 Å². The van der Waals surface area contributed by atoms with E-state index in [1.54, 1.807) is 4.90 Å². The third-order valence-corrected chi connectivity index (χ3v) is 5.34. The molecule has 3 N–H and O–H groups in total. The van der Waals surface area contributed by atoms with Crippen molar-refractivity contribution in [1.82, 2.24) is 15.1 Å². The van der Waals surface area contributed by atoms with Crippen molar-refractivity contribution in [3.8, 4) is 0 Å². The second-order valence-corrected chi connectivity index (χ2v) is 7.69. The van der Waals surface area contributed by atoms with Crippen LogP contribution in [0.3, 0.4) is 0 Å². The van der Waals surface area contributed by atoms with E-state index in [9.17, 15) is 4.79 Å². The standard InChI is InChI=1S/C21H31N5O/c1-18-15-19(2)26(23-18)10-6-9-22-21(27)17-25-13-11-24(12-14-25)16-20-7-4-3-5-8-20/h3-5,7-8,15H,6,9-14,16-17H2,1-2H3,(H,22,27)/p+2. The molecular weight excluding hydrogens is 338 g/mol. The van der Waals surface area contributed by atoms with E-state index < -0.39 is 0 Å². The van der Waals surface area contributed by atoms with Crippen molar-refractivity contribution in [2.75, 3.05) is 39.3 Å². The number of hydrogen-bond acceptors (Lipinski definition) is 2. The van der Waals surface area contributed by atoms with Crippen LogP contribution < -0.4 is 15.1 Å². The molecule has 1 amide bonds. The number of nitrogens with zero attached hydrogens (tertiary/aromatic N) is 2. The number of piperazine rings is 1. The van der Waals surface area contributed by atoms with Gasteiger partial charge in [-0.15, -0.1) is 0 Å². The van der Waals surface area contributed by atoms with Crippen LogP contribution >= 0.6 is 0 Å². The smallest absolute Gasteiger partial charge is 0.275 e. The van der Waals surface area contributed by atoms with E-state index in [4.69, 9.17) is 0 Å². The number of rotatable bonds is 8. The summed E-state index contributed by atoms with van der Waals surface area (Å²) in [5.41, 5.74) is 3.63. The van der Waals surface area contributed by atoms with Gasteiger partial charge in [0.05, 0.1) is 5.69 Å². The van der Waals surface area contributed by atoms with Crippen LogP contribution in [0, 0.1) is 13.8 Å². The number of quaternary nitrogens is 2. The van der Waals surface area contributed by atoms with Gasteiger partial charge in [0.2, 0.25) is 0 Å². The van der Waals surface area contributed by atoms with E-state index >= 15 is 0 Å². The molecule has 0 unspecified atom stereocenters. The van der Waals surface area contributed by atoms with Gasteiger partial charge in [-0.05, 0) is 26.3 Å². The number of carbonyl (C=O) groups is 1. The monoisotopic (exact) mass is 371 g/mol.